The summed E-state index contributed by atoms with van der Waals surface area (Å²) in [5, 5.41) is 0. The Balaban J connectivity index is 5.12. The zero-order chi connectivity index (χ0) is 17.7. The molecule has 2 atom stereocenters. The summed E-state index contributed by atoms with van der Waals surface area (Å²) in [5.41, 5.74) is -0.139. The van der Waals surface area contributed by atoms with Gasteiger partial charge >= 0.3 is 14.5 Å². The molecule has 2 unspecified atom stereocenters. The van der Waals surface area contributed by atoms with Gasteiger partial charge in [-0.2, -0.15) is 0 Å². The predicted molar refractivity (Wildman–Crippen MR) is 94.3 cm³/mol. The first-order valence-corrected chi connectivity index (χ1v) is 11.3. The van der Waals surface area contributed by atoms with Crippen LogP contribution in [-0.2, 0) is 23.1 Å². The smallest absolute Gasteiger partial charge is 0.367 e. The first kappa shape index (κ1) is 22.6. The van der Waals surface area contributed by atoms with Crippen LogP contribution in [0.1, 0.15) is 73.6 Å². The summed E-state index contributed by atoms with van der Waals surface area (Å²) < 4.78 is 23.9. The summed E-state index contributed by atoms with van der Waals surface area (Å²) in [7, 11) is -2.49. The van der Waals surface area contributed by atoms with Crippen LogP contribution in [0, 0.1) is 0 Å². The maximum absolute atomic E-state index is 11.6. The van der Waals surface area contributed by atoms with Crippen LogP contribution in [-0.4, -0.2) is 39.8 Å². The van der Waals surface area contributed by atoms with Crippen LogP contribution in [0.2, 0.25) is 6.04 Å². The minimum absolute atomic E-state index is 0.139. The van der Waals surface area contributed by atoms with Crippen molar-refractivity contribution in [1.82, 2.24) is 0 Å². The normalized spacial score (nSPS) is 14.5. The highest BCUT2D eigenvalue weighted by atomic mass is 28.4. The van der Waals surface area contributed by atoms with Gasteiger partial charge in [0.1, 0.15) is 5.73 Å². The molecule has 0 aliphatic rings. The highest BCUT2D eigenvalue weighted by molar-refractivity contribution is 6.68. The number of hydrogen-bond donors (Lipinski definition) is 0. The largest absolute Gasteiger partial charge is 0.436 e. The van der Waals surface area contributed by atoms with Crippen LogP contribution < -0.4 is 0 Å². The molecule has 6 heteroatoms. The first-order valence-electron chi connectivity index (χ1n) is 9.16. The van der Waals surface area contributed by atoms with Crippen LogP contribution in [0.3, 0.4) is 0 Å². The molecule has 0 aromatic rings. The molecule has 0 amide bonds. The van der Waals surface area contributed by atoms with Gasteiger partial charge in [0.2, 0.25) is 6.29 Å². The van der Waals surface area contributed by atoms with Crippen molar-refractivity contribution >= 4 is 14.5 Å². The summed E-state index contributed by atoms with van der Waals surface area (Å²) in [6.45, 7) is 13.4. The molecule has 0 aromatic carbocycles. The SMILES string of the molecule is CCCO[Si](CC)(OCCC)C(CC)OC(CC)OC(=O)CC. The fourth-order valence-corrected chi connectivity index (χ4v) is 5.74. The third-order valence-electron chi connectivity index (χ3n) is 3.66. The molecule has 0 aromatic heterocycles. The highest BCUT2D eigenvalue weighted by Gasteiger charge is 2.46. The van der Waals surface area contributed by atoms with Crippen molar-refractivity contribution in [3.63, 3.8) is 0 Å². The predicted octanol–water partition coefficient (Wildman–Crippen LogP) is 4.33. The lowest BCUT2D eigenvalue weighted by Crippen LogP contribution is -2.55. The van der Waals surface area contributed by atoms with Crippen molar-refractivity contribution < 1.29 is 23.1 Å². The van der Waals surface area contributed by atoms with E-state index in [0.717, 1.165) is 25.3 Å². The van der Waals surface area contributed by atoms with E-state index in [9.17, 15) is 4.79 Å². The van der Waals surface area contributed by atoms with Gasteiger partial charge < -0.3 is 18.3 Å². The zero-order valence-corrected chi connectivity index (χ0v) is 16.9. The lowest BCUT2D eigenvalue weighted by Gasteiger charge is -2.37. The van der Waals surface area contributed by atoms with Crippen LogP contribution in [0.5, 0.6) is 0 Å². The minimum atomic E-state index is -2.49. The molecule has 0 spiro atoms. The van der Waals surface area contributed by atoms with Gasteiger partial charge in [-0.15, -0.1) is 0 Å². The molecule has 138 valence electrons. The summed E-state index contributed by atoms with van der Waals surface area (Å²) in [5.74, 6) is -0.237. The van der Waals surface area contributed by atoms with E-state index in [-0.39, 0.29) is 11.7 Å². The Hall–Kier alpha value is -0.433. The Kier molecular flexibility index (Phi) is 12.7. The standard InChI is InChI=1S/C17H36O5Si/c1-7-13-19-23(12-6,20-14-8-2)17(11-5)22-16(10-4)21-15(18)9-3/h16-17H,7-14H2,1-6H3. The van der Waals surface area contributed by atoms with E-state index in [2.05, 4.69) is 27.7 Å². The number of hydrogen-bond acceptors (Lipinski definition) is 5. The van der Waals surface area contributed by atoms with E-state index in [4.69, 9.17) is 18.3 Å². The molecular formula is C17H36O5Si. The number of esters is 1. The molecule has 0 fully saturated rings. The zero-order valence-electron chi connectivity index (χ0n) is 15.9. The number of carbonyl (C=O) groups is 1. The fraction of sp³-hybridized carbons (Fsp3) is 0.941. The second-order valence-electron chi connectivity index (χ2n) is 5.58. The molecule has 0 saturated carbocycles. The van der Waals surface area contributed by atoms with Crippen LogP contribution in [0.4, 0.5) is 0 Å². The second kappa shape index (κ2) is 12.9. The van der Waals surface area contributed by atoms with E-state index in [1.807, 2.05) is 6.92 Å². The van der Waals surface area contributed by atoms with Gasteiger partial charge in [0, 0.05) is 26.1 Å². The summed E-state index contributed by atoms with van der Waals surface area (Å²) in [6, 6.07) is 0.823. The van der Waals surface area contributed by atoms with Gasteiger partial charge in [-0.3, -0.25) is 4.79 Å². The topological polar surface area (TPSA) is 54.0 Å². The second-order valence-corrected chi connectivity index (χ2v) is 9.13. The Labute approximate surface area is 143 Å². The maximum Gasteiger partial charge on any atom is 0.367 e. The van der Waals surface area contributed by atoms with Crippen molar-refractivity contribution in [2.24, 2.45) is 0 Å². The lowest BCUT2D eigenvalue weighted by molar-refractivity contribution is -0.186. The third-order valence-corrected chi connectivity index (χ3v) is 7.55. The van der Waals surface area contributed by atoms with Crippen molar-refractivity contribution in [3.8, 4) is 0 Å². The van der Waals surface area contributed by atoms with Crippen molar-refractivity contribution in [1.29, 1.82) is 0 Å². The van der Waals surface area contributed by atoms with Crippen LogP contribution >= 0.6 is 0 Å². The summed E-state index contributed by atoms with van der Waals surface area (Å²) in [4.78, 5) is 11.6. The fourth-order valence-electron chi connectivity index (χ4n) is 2.34. The Morgan fingerprint density at radius 3 is 1.83 bits per heavy atom. The Morgan fingerprint density at radius 2 is 1.48 bits per heavy atom. The minimum Gasteiger partial charge on any atom is -0.436 e. The summed E-state index contributed by atoms with van der Waals surface area (Å²) in [6.07, 6.45) is 3.13. The molecular weight excluding hydrogens is 312 g/mol. The van der Waals surface area contributed by atoms with Gasteiger partial charge in [-0.1, -0.05) is 41.5 Å². The van der Waals surface area contributed by atoms with Gasteiger partial charge in [0.15, 0.2) is 0 Å². The number of ether oxygens (including phenoxy) is 2. The molecule has 23 heavy (non-hydrogen) atoms. The van der Waals surface area contributed by atoms with Crippen molar-refractivity contribution in [2.45, 2.75) is 91.7 Å². The molecule has 5 nitrogen and oxygen atoms in total. The first-order chi connectivity index (χ1) is 11.0. The molecule has 0 N–H and O–H groups in total. The molecule has 0 bridgehead atoms. The summed E-state index contributed by atoms with van der Waals surface area (Å²) >= 11 is 0. The van der Waals surface area contributed by atoms with Crippen molar-refractivity contribution in [2.75, 3.05) is 13.2 Å². The maximum atomic E-state index is 11.6. The number of rotatable bonds is 14. The lowest BCUT2D eigenvalue weighted by atomic mass is 10.4. The molecule has 0 rings (SSSR count). The van der Waals surface area contributed by atoms with E-state index in [1.54, 1.807) is 6.92 Å². The monoisotopic (exact) mass is 348 g/mol. The molecule has 0 radical (unpaired) electrons. The molecule has 0 aliphatic heterocycles. The Bertz CT molecular complexity index is 303. The molecule has 0 heterocycles. The quantitative estimate of drug-likeness (QED) is 0.266. The van der Waals surface area contributed by atoms with Crippen molar-refractivity contribution in [3.05, 3.63) is 0 Å². The van der Waals surface area contributed by atoms with Gasteiger partial charge in [0.05, 0.1) is 0 Å². The van der Waals surface area contributed by atoms with E-state index >= 15 is 0 Å². The Morgan fingerprint density at radius 1 is 0.913 bits per heavy atom. The van der Waals surface area contributed by atoms with Gasteiger partial charge in [0.25, 0.3) is 0 Å². The average molecular weight is 349 g/mol. The van der Waals surface area contributed by atoms with E-state index in [1.165, 1.54) is 0 Å². The number of carbonyl (C=O) groups excluding carboxylic acids is 1. The third kappa shape index (κ3) is 7.79. The van der Waals surface area contributed by atoms with Crippen LogP contribution in [0.25, 0.3) is 0 Å². The average Bonchev–Trinajstić information content (AvgIpc) is 2.59. The molecule has 0 aliphatic carbocycles. The molecule has 0 saturated heterocycles. The van der Waals surface area contributed by atoms with E-state index < -0.39 is 14.9 Å². The van der Waals surface area contributed by atoms with Crippen LogP contribution in [0.15, 0.2) is 0 Å². The highest BCUT2D eigenvalue weighted by Crippen LogP contribution is 2.26. The van der Waals surface area contributed by atoms with E-state index in [0.29, 0.717) is 26.1 Å². The van der Waals surface area contributed by atoms with Gasteiger partial charge in [-0.05, 0) is 25.3 Å². The van der Waals surface area contributed by atoms with Gasteiger partial charge in [-0.25, -0.2) is 0 Å².